The third kappa shape index (κ3) is 5.89. The van der Waals surface area contributed by atoms with Gasteiger partial charge >= 0.3 is 0 Å². The van der Waals surface area contributed by atoms with E-state index < -0.39 is 17.9 Å². The summed E-state index contributed by atoms with van der Waals surface area (Å²) in [7, 11) is 3.04. The van der Waals surface area contributed by atoms with Crippen LogP contribution in [0.3, 0.4) is 0 Å². The van der Waals surface area contributed by atoms with Crippen molar-refractivity contribution in [1.82, 2.24) is 9.69 Å². The molecule has 1 aliphatic rings. The fourth-order valence-corrected chi connectivity index (χ4v) is 5.89. The number of nitrogens with two attached hydrogens (primary N) is 2. The number of nitrogen functional groups attached to an aromatic ring is 1. The molecule has 5 N–H and O–H groups in total. The largest absolute Gasteiger partial charge is 0.493 e. The number of amides is 3. The highest BCUT2D eigenvalue weighted by Gasteiger charge is 2.38. The van der Waals surface area contributed by atoms with Gasteiger partial charge in [0.25, 0.3) is 11.8 Å². The maximum atomic E-state index is 14.4. The van der Waals surface area contributed by atoms with Gasteiger partial charge in [0, 0.05) is 11.7 Å². The van der Waals surface area contributed by atoms with E-state index in [1.165, 1.54) is 19.1 Å². The number of methoxy groups -OCH3 is 2. The number of nitrogens with zero attached hydrogens (tertiary/aromatic N) is 2. The Bertz CT molecular complexity index is 1420. The molecule has 4 rings (SSSR count). The number of aryl methyl sites for hydroxylation is 2. The highest BCUT2D eigenvalue weighted by atomic mass is 32.1. The van der Waals surface area contributed by atoms with E-state index in [1.807, 2.05) is 26.0 Å². The molecule has 3 amide bonds. The summed E-state index contributed by atoms with van der Waals surface area (Å²) in [5, 5.41) is 3.19. The van der Waals surface area contributed by atoms with Gasteiger partial charge in [-0.05, 0) is 67.5 Å². The predicted octanol–water partition coefficient (Wildman–Crippen LogP) is 4.30. The molecule has 1 aliphatic carbocycles. The number of rotatable bonds is 9. The van der Waals surface area contributed by atoms with E-state index >= 15 is 0 Å². The SMILES string of the molecule is COc1ccc([C@H](C(=O)NC2CCCCC2)N(C(=O)c2snc(C(N)=O)c2N)c2ccc(C)cc2C)cc1OC. The van der Waals surface area contributed by atoms with Crippen LogP contribution in [0, 0.1) is 13.8 Å². The van der Waals surface area contributed by atoms with Crippen molar-refractivity contribution in [2.24, 2.45) is 5.73 Å². The van der Waals surface area contributed by atoms with Gasteiger partial charge in [0.15, 0.2) is 17.2 Å². The fourth-order valence-electron chi connectivity index (χ4n) is 5.15. The molecule has 0 radical (unpaired) electrons. The summed E-state index contributed by atoms with van der Waals surface area (Å²) in [6.45, 7) is 3.82. The van der Waals surface area contributed by atoms with Crippen molar-refractivity contribution >= 4 is 40.6 Å². The molecule has 1 saturated carbocycles. The lowest BCUT2D eigenvalue weighted by atomic mass is 9.94. The molecule has 40 heavy (non-hydrogen) atoms. The number of hydrogen-bond donors (Lipinski definition) is 3. The van der Waals surface area contributed by atoms with Gasteiger partial charge in [-0.2, -0.15) is 4.37 Å². The molecular formula is C29H35N5O5S. The van der Waals surface area contributed by atoms with Gasteiger partial charge in [-0.15, -0.1) is 0 Å². The average Bonchev–Trinajstić information content (AvgIpc) is 3.33. The molecule has 3 aromatic rings. The monoisotopic (exact) mass is 565 g/mol. The van der Waals surface area contributed by atoms with Crippen molar-refractivity contribution in [1.29, 1.82) is 0 Å². The maximum Gasteiger partial charge on any atom is 0.273 e. The van der Waals surface area contributed by atoms with E-state index in [-0.39, 0.29) is 28.2 Å². The summed E-state index contributed by atoms with van der Waals surface area (Å²) in [5.41, 5.74) is 14.1. The minimum Gasteiger partial charge on any atom is -0.493 e. The van der Waals surface area contributed by atoms with Crippen LogP contribution in [0.15, 0.2) is 36.4 Å². The first-order valence-corrected chi connectivity index (χ1v) is 13.9. The number of nitrogens with one attached hydrogen (secondary N) is 1. The number of hydrogen-bond acceptors (Lipinski definition) is 8. The van der Waals surface area contributed by atoms with Crippen molar-refractivity contribution in [3.05, 3.63) is 63.7 Å². The first kappa shape index (κ1) is 28.9. The molecule has 0 saturated heterocycles. The first-order valence-electron chi connectivity index (χ1n) is 13.1. The Kier molecular flexibility index (Phi) is 8.93. The smallest absolute Gasteiger partial charge is 0.273 e. The van der Waals surface area contributed by atoms with Gasteiger partial charge in [-0.3, -0.25) is 19.3 Å². The van der Waals surface area contributed by atoms with Crippen LogP contribution < -0.4 is 31.2 Å². The second-order valence-corrected chi connectivity index (χ2v) is 10.7. The molecular weight excluding hydrogens is 530 g/mol. The quantitative estimate of drug-likeness (QED) is 0.350. The number of carbonyl (C=O) groups is 3. The maximum absolute atomic E-state index is 14.4. The zero-order chi connectivity index (χ0) is 29.0. The average molecular weight is 566 g/mol. The van der Waals surface area contributed by atoms with Crippen LogP contribution in [0.4, 0.5) is 11.4 Å². The van der Waals surface area contributed by atoms with Crippen molar-refractivity contribution in [2.75, 3.05) is 24.9 Å². The fraction of sp³-hybridized carbons (Fsp3) is 0.379. The summed E-state index contributed by atoms with van der Waals surface area (Å²) < 4.78 is 15.0. The number of primary amides is 1. The number of carbonyl (C=O) groups excluding carboxylic acids is 3. The summed E-state index contributed by atoms with van der Waals surface area (Å²) >= 11 is 0.775. The zero-order valence-electron chi connectivity index (χ0n) is 23.2. The molecule has 10 nitrogen and oxygen atoms in total. The van der Waals surface area contributed by atoms with Crippen LogP contribution in [-0.4, -0.2) is 42.4 Å². The van der Waals surface area contributed by atoms with Crippen LogP contribution in [0.5, 0.6) is 11.5 Å². The molecule has 0 aliphatic heterocycles. The third-order valence-electron chi connectivity index (χ3n) is 7.17. The van der Waals surface area contributed by atoms with E-state index in [4.69, 9.17) is 20.9 Å². The second kappa shape index (κ2) is 12.4. The topological polar surface area (TPSA) is 150 Å². The molecule has 11 heteroatoms. The standard InChI is InChI=1S/C29H35N5O5S/c1-16-10-12-20(17(2)14-16)34(29(37)26-23(30)24(27(31)35)33-40-26)25(28(36)32-19-8-6-5-7-9-19)18-11-13-21(38-3)22(15-18)39-4/h10-15,19,25H,5-9,30H2,1-4H3,(H2,31,35)(H,32,36)/t25-/m1/s1. The third-order valence-corrected chi connectivity index (χ3v) is 8.02. The van der Waals surface area contributed by atoms with Crippen molar-refractivity contribution in [3.8, 4) is 11.5 Å². The zero-order valence-corrected chi connectivity index (χ0v) is 24.0. The highest BCUT2D eigenvalue weighted by molar-refractivity contribution is 7.09. The van der Waals surface area contributed by atoms with E-state index in [0.717, 1.165) is 54.8 Å². The Balaban J connectivity index is 1.92. The summed E-state index contributed by atoms with van der Waals surface area (Å²) in [5.74, 6) is -0.854. The summed E-state index contributed by atoms with van der Waals surface area (Å²) in [6, 6.07) is 9.63. The van der Waals surface area contributed by atoms with Gasteiger partial charge in [-0.1, -0.05) is 43.0 Å². The molecule has 212 valence electrons. The number of anilines is 2. The van der Waals surface area contributed by atoms with Crippen LogP contribution >= 0.6 is 11.5 Å². The molecule has 1 atom stereocenters. The van der Waals surface area contributed by atoms with Crippen molar-refractivity contribution < 1.29 is 23.9 Å². The number of benzene rings is 2. The molecule has 0 unspecified atom stereocenters. The Labute approximate surface area is 237 Å². The van der Waals surface area contributed by atoms with Crippen LogP contribution in [0.2, 0.25) is 0 Å². The molecule has 0 bridgehead atoms. The van der Waals surface area contributed by atoms with Crippen LogP contribution in [0.1, 0.15) is 75.0 Å². The van der Waals surface area contributed by atoms with E-state index in [2.05, 4.69) is 9.69 Å². The van der Waals surface area contributed by atoms with E-state index in [1.54, 1.807) is 24.3 Å². The Morgan fingerprint density at radius 1 is 1.02 bits per heavy atom. The second-order valence-electron chi connectivity index (χ2n) is 9.96. The lowest BCUT2D eigenvalue weighted by Gasteiger charge is -2.34. The van der Waals surface area contributed by atoms with E-state index in [9.17, 15) is 14.4 Å². The van der Waals surface area contributed by atoms with Gasteiger partial charge < -0.3 is 26.3 Å². The number of ether oxygens (including phenoxy) is 2. The minimum atomic E-state index is -1.10. The predicted molar refractivity (Wildman–Crippen MR) is 155 cm³/mol. The van der Waals surface area contributed by atoms with Crippen molar-refractivity contribution in [2.45, 2.75) is 58.0 Å². The summed E-state index contributed by atoms with van der Waals surface area (Å²) in [6.07, 6.45) is 4.92. The number of aromatic nitrogens is 1. The van der Waals surface area contributed by atoms with Gasteiger partial charge in [0.1, 0.15) is 10.9 Å². The van der Waals surface area contributed by atoms with Gasteiger partial charge in [0.05, 0.1) is 19.9 Å². The van der Waals surface area contributed by atoms with Crippen LogP contribution in [0.25, 0.3) is 0 Å². The normalized spacial score (nSPS) is 14.3. The first-order chi connectivity index (χ1) is 19.2. The Hall–Kier alpha value is -4.12. The molecule has 0 spiro atoms. The van der Waals surface area contributed by atoms with Crippen LogP contribution in [-0.2, 0) is 4.79 Å². The Morgan fingerprint density at radius 3 is 2.33 bits per heavy atom. The molecule has 1 heterocycles. The van der Waals surface area contributed by atoms with Crippen molar-refractivity contribution in [3.63, 3.8) is 0 Å². The minimum absolute atomic E-state index is 0.00472. The highest BCUT2D eigenvalue weighted by Crippen LogP contribution is 2.38. The molecule has 1 aromatic heterocycles. The lowest BCUT2D eigenvalue weighted by molar-refractivity contribution is -0.123. The van der Waals surface area contributed by atoms with E-state index in [0.29, 0.717) is 22.7 Å². The van der Waals surface area contributed by atoms with Gasteiger partial charge in [-0.25, -0.2) is 0 Å². The molecule has 1 fully saturated rings. The lowest BCUT2D eigenvalue weighted by Crippen LogP contribution is -2.47. The Morgan fingerprint density at radius 2 is 1.73 bits per heavy atom. The van der Waals surface area contributed by atoms with Gasteiger partial charge in [0.2, 0.25) is 5.91 Å². The molecule has 2 aromatic carbocycles. The summed E-state index contributed by atoms with van der Waals surface area (Å²) in [4.78, 5) is 41.9.